The molecular formula is C14H19FN2. The molecule has 0 N–H and O–H groups in total. The molecule has 3 heteroatoms. The monoisotopic (exact) mass is 234 g/mol. The standard InChI is InChI=1S/C14H19FN2/c1-16(2)12-8-10-14(11-9-12)17(15)13-6-4-3-5-7-13/h3-8,14H,9-11H2,1-2H3. The van der Waals surface area contributed by atoms with Gasteiger partial charge in [0.2, 0.25) is 0 Å². The summed E-state index contributed by atoms with van der Waals surface area (Å²) in [6, 6.07) is 9.23. The molecule has 1 aliphatic rings. The Labute approximate surface area is 102 Å². The quantitative estimate of drug-likeness (QED) is 0.740. The van der Waals surface area contributed by atoms with Crippen LogP contribution in [-0.2, 0) is 0 Å². The Balaban J connectivity index is 2.02. The fourth-order valence-corrected chi connectivity index (χ4v) is 2.20. The summed E-state index contributed by atoms with van der Waals surface area (Å²) in [5, 5.41) is 0.906. The average Bonchev–Trinajstić information content (AvgIpc) is 2.39. The first-order valence-corrected chi connectivity index (χ1v) is 6.05. The summed E-state index contributed by atoms with van der Waals surface area (Å²) < 4.78 is 14.1. The average molecular weight is 234 g/mol. The second-order valence-electron chi connectivity index (χ2n) is 4.66. The molecule has 17 heavy (non-hydrogen) atoms. The number of hydrogen-bond acceptors (Lipinski definition) is 2. The lowest BCUT2D eigenvalue weighted by molar-refractivity contribution is 0.332. The van der Waals surface area contributed by atoms with Crippen LogP contribution in [0.5, 0.6) is 0 Å². The smallest absolute Gasteiger partial charge is 0.0691 e. The van der Waals surface area contributed by atoms with Gasteiger partial charge in [-0.3, -0.25) is 0 Å². The predicted molar refractivity (Wildman–Crippen MR) is 69.4 cm³/mol. The van der Waals surface area contributed by atoms with E-state index < -0.39 is 0 Å². The van der Waals surface area contributed by atoms with Crippen molar-refractivity contribution in [1.82, 2.24) is 4.90 Å². The van der Waals surface area contributed by atoms with E-state index in [1.807, 2.05) is 44.4 Å². The Morgan fingerprint density at radius 2 is 1.88 bits per heavy atom. The van der Waals surface area contributed by atoms with Crippen LogP contribution in [0.25, 0.3) is 0 Å². The molecule has 1 unspecified atom stereocenters. The Bertz CT molecular complexity index is 386. The van der Waals surface area contributed by atoms with Crippen LogP contribution < -0.4 is 5.12 Å². The number of halogens is 1. The highest BCUT2D eigenvalue weighted by atomic mass is 19.2. The molecular weight excluding hydrogens is 215 g/mol. The number of rotatable bonds is 3. The highest BCUT2D eigenvalue weighted by molar-refractivity contribution is 5.44. The molecule has 0 radical (unpaired) electrons. The van der Waals surface area contributed by atoms with Crippen LogP contribution in [0, 0.1) is 0 Å². The molecule has 0 heterocycles. The summed E-state index contributed by atoms with van der Waals surface area (Å²) in [7, 11) is 4.08. The van der Waals surface area contributed by atoms with Crippen molar-refractivity contribution in [2.45, 2.75) is 25.3 Å². The van der Waals surface area contributed by atoms with Gasteiger partial charge in [-0.2, -0.15) is 0 Å². The molecule has 92 valence electrons. The summed E-state index contributed by atoms with van der Waals surface area (Å²) in [6.45, 7) is 0. The van der Waals surface area contributed by atoms with Crippen molar-refractivity contribution >= 4 is 5.69 Å². The number of anilines is 1. The molecule has 0 aromatic heterocycles. The SMILES string of the molecule is CN(C)C1=CCC(N(F)c2ccccc2)CC1. The van der Waals surface area contributed by atoms with E-state index in [0.29, 0.717) is 5.69 Å². The molecule has 0 amide bonds. The van der Waals surface area contributed by atoms with Crippen LogP contribution in [0.4, 0.5) is 10.2 Å². The van der Waals surface area contributed by atoms with Gasteiger partial charge in [0.25, 0.3) is 0 Å². The van der Waals surface area contributed by atoms with Gasteiger partial charge in [0.15, 0.2) is 0 Å². The van der Waals surface area contributed by atoms with Gasteiger partial charge in [0.1, 0.15) is 0 Å². The van der Waals surface area contributed by atoms with Gasteiger partial charge in [0.05, 0.1) is 11.7 Å². The van der Waals surface area contributed by atoms with Crippen molar-refractivity contribution < 1.29 is 4.48 Å². The summed E-state index contributed by atoms with van der Waals surface area (Å²) in [4.78, 5) is 2.11. The summed E-state index contributed by atoms with van der Waals surface area (Å²) in [6.07, 6.45) is 4.74. The van der Waals surface area contributed by atoms with Gasteiger partial charge in [-0.1, -0.05) is 28.8 Å². The summed E-state index contributed by atoms with van der Waals surface area (Å²) in [5.74, 6) is 0. The zero-order valence-electron chi connectivity index (χ0n) is 10.4. The van der Waals surface area contributed by atoms with Crippen LogP contribution in [0.3, 0.4) is 0 Å². The molecule has 1 aromatic rings. The lowest BCUT2D eigenvalue weighted by Gasteiger charge is -2.30. The second-order valence-corrected chi connectivity index (χ2v) is 4.66. The molecule has 2 rings (SSSR count). The molecule has 0 fully saturated rings. The second kappa shape index (κ2) is 5.21. The van der Waals surface area contributed by atoms with Crippen LogP contribution in [0.15, 0.2) is 42.1 Å². The Hall–Kier alpha value is -1.51. The van der Waals surface area contributed by atoms with Gasteiger partial charge in [0, 0.05) is 19.8 Å². The van der Waals surface area contributed by atoms with E-state index in [2.05, 4.69) is 11.0 Å². The Morgan fingerprint density at radius 3 is 2.41 bits per heavy atom. The topological polar surface area (TPSA) is 6.48 Å². The molecule has 1 aliphatic carbocycles. The first-order valence-electron chi connectivity index (χ1n) is 6.05. The zero-order valence-corrected chi connectivity index (χ0v) is 10.4. The fourth-order valence-electron chi connectivity index (χ4n) is 2.20. The van der Waals surface area contributed by atoms with Gasteiger partial charge < -0.3 is 4.90 Å². The van der Waals surface area contributed by atoms with Gasteiger partial charge in [-0.25, -0.2) is 5.12 Å². The summed E-state index contributed by atoms with van der Waals surface area (Å²) >= 11 is 0. The third kappa shape index (κ3) is 2.78. The first-order chi connectivity index (χ1) is 8.18. The number of benzene rings is 1. The molecule has 0 spiro atoms. The normalized spacial score (nSPS) is 19.7. The maximum Gasteiger partial charge on any atom is 0.0691 e. The molecule has 0 saturated carbocycles. The van der Waals surface area contributed by atoms with Crippen molar-refractivity contribution in [3.8, 4) is 0 Å². The fraction of sp³-hybridized carbons (Fsp3) is 0.429. The van der Waals surface area contributed by atoms with E-state index in [1.165, 1.54) is 5.70 Å². The van der Waals surface area contributed by atoms with Crippen LogP contribution >= 0.6 is 0 Å². The zero-order chi connectivity index (χ0) is 12.3. The van der Waals surface area contributed by atoms with Crippen molar-refractivity contribution in [3.05, 3.63) is 42.1 Å². The molecule has 0 saturated heterocycles. The molecule has 0 aliphatic heterocycles. The maximum absolute atomic E-state index is 14.1. The van der Waals surface area contributed by atoms with E-state index in [1.54, 1.807) is 0 Å². The van der Waals surface area contributed by atoms with Gasteiger partial charge in [-0.05, 0) is 31.4 Å². The third-order valence-electron chi connectivity index (χ3n) is 3.26. The van der Waals surface area contributed by atoms with Gasteiger partial charge >= 0.3 is 0 Å². The largest absolute Gasteiger partial charge is 0.381 e. The van der Waals surface area contributed by atoms with Crippen LogP contribution in [0.2, 0.25) is 0 Å². The third-order valence-corrected chi connectivity index (χ3v) is 3.26. The van der Waals surface area contributed by atoms with Crippen molar-refractivity contribution in [2.24, 2.45) is 0 Å². The van der Waals surface area contributed by atoms with E-state index >= 15 is 0 Å². The number of para-hydroxylation sites is 1. The van der Waals surface area contributed by atoms with Crippen molar-refractivity contribution in [3.63, 3.8) is 0 Å². The van der Waals surface area contributed by atoms with Crippen LogP contribution in [0.1, 0.15) is 19.3 Å². The van der Waals surface area contributed by atoms with Crippen molar-refractivity contribution in [2.75, 3.05) is 19.2 Å². The van der Waals surface area contributed by atoms with E-state index in [0.717, 1.165) is 24.4 Å². The van der Waals surface area contributed by atoms with Crippen molar-refractivity contribution in [1.29, 1.82) is 0 Å². The Kier molecular flexibility index (Phi) is 3.67. The number of hydrogen-bond donors (Lipinski definition) is 0. The minimum atomic E-state index is -0.0268. The summed E-state index contributed by atoms with van der Waals surface area (Å²) in [5.41, 5.74) is 1.96. The highest BCUT2D eigenvalue weighted by Gasteiger charge is 2.22. The maximum atomic E-state index is 14.1. The first kappa shape index (κ1) is 12.0. The predicted octanol–water partition coefficient (Wildman–Crippen LogP) is 3.38. The minimum Gasteiger partial charge on any atom is -0.381 e. The van der Waals surface area contributed by atoms with Gasteiger partial charge in [-0.15, -0.1) is 0 Å². The molecule has 2 nitrogen and oxygen atoms in total. The molecule has 0 bridgehead atoms. The Morgan fingerprint density at radius 1 is 1.18 bits per heavy atom. The number of nitrogens with zero attached hydrogens (tertiary/aromatic N) is 2. The minimum absolute atomic E-state index is 0.0268. The van der Waals surface area contributed by atoms with E-state index in [-0.39, 0.29) is 6.04 Å². The lowest BCUT2D eigenvalue weighted by Crippen LogP contribution is -2.31. The lowest BCUT2D eigenvalue weighted by atomic mass is 9.98. The van der Waals surface area contributed by atoms with E-state index in [9.17, 15) is 4.48 Å². The highest BCUT2D eigenvalue weighted by Crippen LogP contribution is 2.27. The molecule has 1 atom stereocenters. The van der Waals surface area contributed by atoms with E-state index in [4.69, 9.17) is 0 Å². The number of allylic oxidation sites excluding steroid dienone is 1. The molecule has 1 aromatic carbocycles. The van der Waals surface area contributed by atoms with Crippen LogP contribution in [-0.4, -0.2) is 25.0 Å².